The molecule has 0 saturated carbocycles. The second-order valence-corrected chi connectivity index (χ2v) is 6.93. The SMILES string of the molecule is COc1cccc(NC(=O)Cn2c(Nc3cc(C)cc(C)c3)nc(C)cc2=O)c1. The van der Waals surface area contributed by atoms with Crippen molar-refractivity contribution in [1.82, 2.24) is 9.55 Å². The van der Waals surface area contributed by atoms with E-state index in [1.54, 1.807) is 38.3 Å². The number of anilines is 3. The van der Waals surface area contributed by atoms with E-state index in [1.165, 1.54) is 10.6 Å². The Kier molecular flexibility index (Phi) is 5.97. The quantitative estimate of drug-likeness (QED) is 0.670. The van der Waals surface area contributed by atoms with Gasteiger partial charge in [-0.3, -0.25) is 14.2 Å². The molecule has 150 valence electrons. The highest BCUT2D eigenvalue weighted by atomic mass is 16.5. The van der Waals surface area contributed by atoms with E-state index in [0.717, 1.165) is 16.8 Å². The van der Waals surface area contributed by atoms with Gasteiger partial charge in [-0.05, 0) is 56.2 Å². The van der Waals surface area contributed by atoms with Crippen LogP contribution < -0.4 is 20.9 Å². The van der Waals surface area contributed by atoms with Gasteiger partial charge in [0.2, 0.25) is 11.9 Å². The number of ether oxygens (including phenoxy) is 1. The van der Waals surface area contributed by atoms with E-state index in [-0.39, 0.29) is 18.0 Å². The van der Waals surface area contributed by atoms with Gasteiger partial charge < -0.3 is 15.4 Å². The Labute approximate surface area is 169 Å². The number of aryl methyl sites for hydroxylation is 3. The molecule has 3 aromatic rings. The Bertz CT molecular complexity index is 1090. The molecular weight excluding hydrogens is 368 g/mol. The number of benzene rings is 2. The molecule has 1 aromatic heterocycles. The predicted molar refractivity (Wildman–Crippen MR) is 114 cm³/mol. The third kappa shape index (κ3) is 5.22. The van der Waals surface area contributed by atoms with Gasteiger partial charge in [-0.1, -0.05) is 12.1 Å². The summed E-state index contributed by atoms with van der Waals surface area (Å²) in [5.41, 5.74) is 3.85. The summed E-state index contributed by atoms with van der Waals surface area (Å²) < 4.78 is 6.48. The zero-order chi connectivity index (χ0) is 21.0. The topological polar surface area (TPSA) is 85.2 Å². The van der Waals surface area contributed by atoms with Crippen LogP contribution >= 0.6 is 0 Å². The summed E-state index contributed by atoms with van der Waals surface area (Å²) in [6.07, 6.45) is 0. The van der Waals surface area contributed by atoms with Crippen LogP contribution in [-0.4, -0.2) is 22.6 Å². The lowest BCUT2D eigenvalue weighted by molar-refractivity contribution is -0.116. The van der Waals surface area contributed by atoms with Crippen molar-refractivity contribution in [2.45, 2.75) is 27.3 Å². The molecule has 0 aliphatic heterocycles. The zero-order valence-corrected chi connectivity index (χ0v) is 16.9. The van der Waals surface area contributed by atoms with Crippen LogP contribution in [-0.2, 0) is 11.3 Å². The molecule has 1 amide bonds. The molecule has 1 heterocycles. The van der Waals surface area contributed by atoms with Gasteiger partial charge in [-0.15, -0.1) is 0 Å². The van der Waals surface area contributed by atoms with Crippen LogP contribution in [0.1, 0.15) is 16.8 Å². The minimum Gasteiger partial charge on any atom is -0.497 e. The van der Waals surface area contributed by atoms with E-state index in [1.807, 2.05) is 26.0 Å². The number of rotatable bonds is 6. The zero-order valence-electron chi connectivity index (χ0n) is 16.9. The van der Waals surface area contributed by atoms with Crippen molar-refractivity contribution in [2.24, 2.45) is 0 Å². The fraction of sp³-hybridized carbons (Fsp3) is 0.227. The molecule has 2 aromatic carbocycles. The molecule has 0 spiro atoms. The number of nitrogens with one attached hydrogen (secondary N) is 2. The van der Waals surface area contributed by atoms with Crippen LogP contribution in [0.4, 0.5) is 17.3 Å². The first-order valence-corrected chi connectivity index (χ1v) is 9.22. The molecule has 0 fully saturated rings. The first-order chi connectivity index (χ1) is 13.8. The van der Waals surface area contributed by atoms with Gasteiger partial charge in [0.15, 0.2) is 0 Å². The van der Waals surface area contributed by atoms with E-state index in [0.29, 0.717) is 23.1 Å². The fourth-order valence-electron chi connectivity index (χ4n) is 3.09. The Balaban J connectivity index is 1.86. The Morgan fingerprint density at radius 1 is 1.03 bits per heavy atom. The number of hydrogen-bond acceptors (Lipinski definition) is 5. The maximum absolute atomic E-state index is 12.6. The van der Waals surface area contributed by atoms with Gasteiger partial charge in [0, 0.05) is 29.2 Å². The van der Waals surface area contributed by atoms with E-state index in [2.05, 4.69) is 21.7 Å². The highest BCUT2D eigenvalue weighted by Gasteiger charge is 2.13. The van der Waals surface area contributed by atoms with E-state index in [9.17, 15) is 9.59 Å². The van der Waals surface area contributed by atoms with Crippen molar-refractivity contribution in [3.63, 3.8) is 0 Å². The van der Waals surface area contributed by atoms with Gasteiger partial charge in [0.05, 0.1) is 7.11 Å². The molecule has 0 aliphatic carbocycles. The van der Waals surface area contributed by atoms with Crippen molar-refractivity contribution < 1.29 is 9.53 Å². The Morgan fingerprint density at radius 3 is 2.45 bits per heavy atom. The van der Waals surface area contributed by atoms with Gasteiger partial charge in [-0.2, -0.15) is 0 Å². The standard InChI is InChI=1S/C22H24N4O3/c1-14-8-15(2)10-18(9-14)25-22-23-16(3)11-21(28)26(22)13-20(27)24-17-6-5-7-19(12-17)29-4/h5-12H,13H2,1-4H3,(H,23,25)(H,24,27). The molecule has 0 bridgehead atoms. The number of methoxy groups -OCH3 is 1. The van der Waals surface area contributed by atoms with Crippen LogP contribution in [0.15, 0.2) is 53.3 Å². The highest BCUT2D eigenvalue weighted by Crippen LogP contribution is 2.19. The van der Waals surface area contributed by atoms with Crippen LogP contribution in [0, 0.1) is 20.8 Å². The summed E-state index contributed by atoms with van der Waals surface area (Å²) in [6.45, 7) is 5.57. The molecular formula is C22H24N4O3. The maximum Gasteiger partial charge on any atom is 0.255 e. The number of carbonyl (C=O) groups excluding carboxylic acids is 1. The second-order valence-electron chi connectivity index (χ2n) is 6.93. The summed E-state index contributed by atoms with van der Waals surface area (Å²) in [5, 5.41) is 5.96. The summed E-state index contributed by atoms with van der Waals surface area (Å²) in [7, 11) is 1.56. The number of amides is 1. The molecule has 2 N–H and O–H groups in total. The molecule has 3 rings (SSSR count). The summed E-state index contributed by atoms with van der Waals surface area (Å²) in [4.78, 5) is 29.5. The minimum atomic E-state index is -0.338. The van der Waals surface area contributed by atoms with Crippen molar-refractivity contribution in [3.8, 4) is 5.75 Å². The predicted octanol–water partition coefficient (Wildman–Crippen LogP) is 3.56. The third-order valence-corrected chi connectivity index (χ3v) is 4.27. The summed E-state index contributed by atoms with van der Waals surface area (Å²) in [6, 6.07) is 14.4. The van der Waals surface area contributed by atoms with Crippen molar-refractivity contribution in [1.29, 1.82) is 0 Å². The molecule has 29 heavy (non-hydrogen) atoms. The molecule has 7 heteroatoms. The molecule has 0 radical (unpaired) electrons. The van der Waals surface area contributed by atoms with E-state index < -0.39 is 0 Å². The molecule has 0 aliphatic rings. The third-order valence-electron chi connectivity index (χ3n) is 4.27. The van der Waals surface area contributed by atoms with Gasteiger partial charge in [-0.25, -0.2) is 4.98 Å². The normalized spacial score (nSPS) is 10.5. The fourth-order valence-corrected chi connectivity index (χ4v) is 3.09. The number of nitrogens with zero attached hydrogens (tertiary/aromatic N) is 2. The van der Waals surface area contributed by atoms with Crippen molar-refractivity contribution >= 4 is 23.2 Å². The number of aromatic nitrogens is 2. The first-order valence-electron chi connectivity index (χ1n) is 9.22. The minimum absolute atomic E-state index is 0.170. The average Bonchev–Trinajstić information content (AvgIpc) is 2.64. The first kappa shape index (κ1) is 20.1. The molecule has 0 saturated heterocycles. The monoisotopic (exact) mass is 392 g/mol. The van der Waals surface area contributed by atoms with Crippen LogP contribution in [0.2, 0.25) is 0 Å². The summed E-state index contributed by atoms with van der Waals surface area (Å²) >= 11 is 0. The number of carbonyl (C=O) groups is 1. The van der Waals surface area contributed by atoms with Crippen LogP contribution in [0.3, 0.4) is 0 Å². The number of hydrogen-bond donors (Lipinski definition) is 2. The van der Waals surface area contributed by atoms with E-state index in [4.69, 9.17) is 4.74 Å². The lowest BCUT2D eigenvalue weighted by atomic mass is 10.1. The molecule has 7 nitrogen and oxygen atoms in total. The lowest BCUT2D eigenvalue weighted by Gasteiger charge is -2.15. The Morgan fingerprint density at radius 2 is 1.76 bits per heavy atom. The Hall–Kier alpha value is -3.61. The van der Waals surface area contributed by atoms with Crippen LogP contribution in [0.5, 0.6) is 5.75 Å². The van der Waals surface area contributed by atoms with Crippen molar-refractivity contribution in [2.75, 3.05) is 17.7 Å². The van der Waals surface area contributed by atoms with Gasteiger partial charge >= 0.3 is 0 Å². The summed E-state index contributed by atoms with van der Waals surface area (Å²) in [5.74, 6) is 0.615. The molecule has 0 atom stereocenters. The largest absolute Gasteiger partial charge is 0.497 e. The van der Waals surface area contributed by atoms with Gasteiger partial charge in [0.1, 0.15) is 12.3 Å². The van der Waals surface area contributed by atoms with Crippen LogP contribution in [0.25, 0.3) is 0 Å². The van der Waals surface area contributed by atoms with Gasteiger partial charge in [0.25, 0.3) is 5.56 Å². The maximum atomic E-state index is 12.6. The van der Waals surface area contributed by atoms with Crippen molar-refractivity contribution in [3.05, 3.63) is 75.7 Å². The van der Waals surface area contributed by atoms with E-state index >= 15 is 0 Å². The second kappa shape index (κ2) is 8.60. The average molecular weight is 392 g/mol. The lowest BCUT2D eigenvalue weighted by Crippen LogP contribution is -2.30. The molecule has 0 unspecified atom stereocenters. The highest BCUT2D eigenvalue weighted by molar-refractivity contribution is 5.91. The smallest absolute Gasteiger partial charge is 0.255 e.